The third-order valence-electron chi connectivity index (χ3n) is 6.17. The summed E-state index contributed by atoms with van der Waals surface area (Å²) in [6.07, 6.45) is 8.66. The van der Waals surface area contributed by atoms with Gasteiger partial charge in [-0.2, -0.15) is 35.3 Å². The quantitative estimate of drug-likeness (QED) is 0.150. The minimum absolute atomic E-state index is 0.180. The minimum atomic E-state index is -1.13. The number of aliphatic carboxylic acids is 1. The number of fused-ring (bicyclic) bond motifs is 1. The molecule has 0 aliphatic rings. The molecule has 4 atom stereocenters. The Bertz CT molecular complexity index is 1100. The van der Waals surface area contributed by atoms with E-state index in [1.165, 1.54) is 23.5 Å². The van der Waals surface area contributed by atoms with E-state index in [0.29, 0.717) is 30.1 Å². The number of nitrogens with one attached hydrogen (secondary N) is 4. The number of para-hydroxylation sites is 1. The summed E-state index contributed by atoms with van der Waals surface area (Å²) in [4.78, 5) is 54.4. The standard InChI is InChI=1S/C26H39N5O5S3/c1-37-11-8-18(27)23(32)31-22(14-16-15-28-19-7-5-4-6-17(16)19)25(34)29-20(9-12-38-2)24(33)30-21(26(35)36)10-13-39-3/h4-7,15,18,20-22,28H,8-14,27H2,1-3H3,(H,29,34)(H,30,33)(H,31,32)(H,35,36). The number of rotatable bonds is 18. The average Bonchev–Trinajstić information content (AvgIpc) is 3.33. The summed E-state index contributed by atoms with van der Waals surface area (Å²) in [6.45, 7) is 0. The SMILES string of the molecule is CSCCC(N)C(=O)NC(Cc1c[nH]c2ccccc12)C(=O)NC(CCSC)C(=O)NC(CCSC)C(=O)O. The molecule has 0 fully saturated rings. The maximum Gasteiger partial charge on any atom is 0.326 e. The second-order valence-electron chi connectivity index (χ2n) is 9.04. The predicted molar refractivity (Wildman–Crippen MR) is 162 cm³/mol. The van der Waals surface area contributed by atoms with Crippen molar-refractivity contribution in [2.45, 2.75) is 49.9 Å². The number of carboxylic acids is 1. The van der Waals surface area contributed by atoms with Gasteiger partial charge < -0.3 is 31.8 Å². The van der Waals surface area contributed by atoms with Crippen LogP contribution in [0, 0.1) is 0 Å². The van der Waals surface area contributed by atoms with Crippen molar-refractivity contribution in [3.8, 4) is 0 Å². The number of nitrogens with two attached hydrogens (primary N) is 1. The first-order valence-electron chi connectivity index (χ1n) is 12.6. The smallest absolute Gasteiger partial charge is 0.326 e. The van der Waals surface area contributed by atoms with Crippen molar-refractivity contribution in [3.63, 3.8) is 0 Å². The van der Waals surface area contributed by atoms with Gasteiger partial charge >= 0.3 is 5.97 Å². The van der Waals surface area contributed by atoms with Crippen molar-refractivity contribution in [1.29, 1.82) is 0 Å². The highest BCUT2D eigenvalue weighted by Gasteiger charge is 2.30. The molecule has 0 bridgehead atoms. The highest BCUT2D eigenvalue weighted by Crippen LogP contribution is 2.19. The highest BCUT2D eigenvalue weighted by molar-refractivity contribution is 7.98. The van der Waals surface area contributed by atoms with Gasteiger partial charge in [0.15, 0.2) is 0 Å². The van der Waals surface area contributed by atoms with Crippen LogP contribution >= 0.6 is 35.3 Å². The van der Waals surface area contributed by atoms with Crippen LogP contribution in [0.2, 0.25) is 0 Å². The monoisotopic (exact) mass is 597 g/mol. The first-order chi connectivity index (χ1) is 18.7. The molecule has 0 aliphatic carbocycles. The molecule has 0 spiro atoms. The lowest BCUT2D eigenvalue weighted by Crippen LogP contribution is -2.57. The third-order valence-corrected chi connectivity index (χ3v) is 8.10. The molecular formula is C26H39N5O5S3. The molecule has 1 aromatic heterocycles. The molecule has 0 aliphatic heterocycles. The second-order valence-corrected chi connectivity index (χ2v) is 12.0. The number of hydrogen-bond acceptors (Lipinski definition) is 8. The number of H-pyrrole nitrogens is 1. The maximum atomic E-state index is 13.6. The van der Waals surface area contributed by atoms with E-state index in [1.54, 1.807) is 18.0 Å². The lowest BCUT2D eigenvalue weighted by atomic mass is 10.0. The first kappa shape index (κ1) is 32.9. The molecule has 1 heterocycles. The van der Waals surface area contributed by atoms with Gasteiger partial charge in [0.05, 0.1) is 6.04 Å². The van der Waals surface area contributed by atoms with Gasteiger partial charge in [-0.1, -0.05) is 18.2 Å². The molecule has 2 rings (SSSR count). The lowest BCUT2D eigenvalue weighted by Gasteiger charge is -2.25. The summed E-state index contributed by atoms with van der Waals surface area (Å²) in [7, 11) is 0. The molecule has 0 radical (unpaired) electrons. The van der Waals surface area contributed by atoms with Crippen molar-refractivity contribution in [3.05, 3.63) is 36.0 Å². The van der Waals surface area contributed by atoms with Crippen molar-refractivity contribution < 1.29 is 24.3 Å². The Hall–Kier alpha value is -2.35. The van der Waals surface area contributed by atoms with Crippen LogP contribution in [0.4, 0.5) is 0 Å². The van der Waals surface area contributed by atoms with Crippen LogP contribution in [0.1, 0.15) is 24.8 Å². The average molecular weight is 598 g/mol. The first-order valence-corrected chi connectivity index (χ1v) is 16.8. The third kappa shape index (κ3) is 10.6. The minimum Gasteiger partial charge on any atom is -0.480 e. The van der Waals surface area contributed by atoms with Gasteiger partial charge in [-0.05, 0) is 66.9 Å². The molecule has 10 nitrogen and oxygen atoms in total. The van der Waals surface area contributed by atoms with E-state index in [9.17, 15) is 24.3 Å². The molecule has 4 unspecified atom stereocenters. The molecule has 1 aromatic carbocycles. The van der Waals surface area contributed by atoms with Gasteiger partial charge in [-0.15, -0.1) is 0 Å². The molecule has 2 aromatic rings. The normalized spacial score (nSPS) is 14.3. The molecule has 0 saturated carbocycles. The predicted octanol–water partition coefficient (Wildman–Crippen LogP) is 1.84. The molecule has 0 saturated heterocycles. The summed E-state index contributed by atoms with van der Waals surface area (Å²) in [5.41, 5.74) is 7.80. The Morgan fingerprint density at radius 3 is 2.00 bits per heavy atom. The number of hydrogen-bond donors (Lipinski definition) is 6. The molecule has 3 amide bonds. The Morgan fingerprint density at radius 1 is 0.821 bits per heavy atom. The summed E-state index contributed by atoms with van der Waals surface area (Å²) < 4.78 is 0. The second kappa shape index (κ2) is 17.4. The van der Waals surface area contributed by atoms with E-state index >= 15 is 0 Å². The van der Waals surface area contributed by atoms with E-state index in [0.717, 1.165) is 16.5 Å². The number of thioether (sulfide) groups is 3. The molecule has 13 heteroatoms. The van der Waals surface area contributed by atoms with Gasteiger partial charge in [0.1, 0.15) is 18.1 Å². The Kier molecular flexibility index (Phi) is 14.6. The molecule has 39 heavy (non-hydrogen) atoms. The summed E-state index contributed by atoms with van der Waals surface area (Å²) in [5, 5.41) is 18.6. The molecule has 216 valence electrons. The largest absolute Gasteiger partial charge is 0.480 e. The van der Waals surface area contributed by atoms with E-state index in [2.05, 4.69) is 20.9 Å². The van der Waals surface area contributed by atoms with Gasteiger partial charge in [-0.25, -0.2) is 4.79 Å². The van der Waals surface area contributed by atoms with E-state index in [1.807, 2.05) is 43.0 Å². The van der Waals surface area contributed by atoms with Gasteiger partial charge in [0.25, 0.3) is 0 Å². The molecular weight excluding hydrogens is 559 g/mol. The zero-order chi connectivity index (χ0) is 28.8. The van der Waals surface area contributed by atoms with Crippen LogP contribution in [0.5, 0.6) is 0 Å². The Morgan fingerprint density at radius 2 is 1.36 bits per heavy atom. The molecule has 7 N–H and O–H groups in total. The van der Waals surface area contributed by atoms with E-state index in [4.69, 9.17) is 5.73 Å². The fraction of sp³-hybridized carbons (Fsp3) is 0.538. The number of aromatic amines is 1. The van der Waals surface area contributed by atoms with E-state index in [-0.39, 0.29) is 12.8 Å². The zero-order valence-electron chi connectivity index (χ0n) is 22.5. The van der Waals surface area contributed by atoms with Crippen molar-refractivity contribution in [1.82, 2.24) is 20.9 Å². The number of amides is 3. The van der Waals surface area contributed by atoms with Crippen LogP contribution in [-0.2, 0) is 25.6 Å². The van der Waals surface area contributed by atoms with Crippen molar-refractivity contribution >= 4 is 69.9 Å². The van der Waals surface area contributed by atoms with Crippen LogP contribution in [0.15, 0.2) is 30.5 Å². The fourth-order valence-corrected chi connectivity index (χ4v) is 5.36. The van der Waals surface area contributed by atoms with Crippen LogP contribution in [-0.4, -0.2) is 94.0 Å². The topological polar surface area (TPSA) is 166 Å². The summed E-state index contributed by atoms with van der Waals surface area (Å²) in [5.74, 6) is -0.850. The van der Waals surface area contributed by atoms with Crippen molar-refractivity contribution in [2.75, 3.05) is 36.0 Å². The van der Waals surface area contributed by atoms with Gasteiger partial charge in [0.2, 0.25) is 17.7 Å². The Balaban J connectivity index is 2.26. The number of carbonyl (C=O) groups excluding carboxylic acids is 3. The van der Waals surface area contributed by atoms with Crippen LogP contribution < -0.4 is 21.7 Å². The summed E-state index contributed by atoms with van der Waals surface area (Å²) in [6, 6.07) is 3.85. The number of aromatic nitrogens is 1. The maximum absolute atomic E-state index is 13.6. The highest BCUT2D eigenvalue weighted by atomic mass is 32.2. The number of carboxylic acid groups (broad SMARTS) is 1. The van der Waals surface area contributed by atoms with Gasteiger partial charge in [0, 0.05) is 23.5 Å². The van der Waals surface area contributed by atoms with Crippen LogP contribution in [0.25, 0.3) is 10.9 Å². The zero-order valence-corrected chi connectivity index (χ0v) is 25.0. The van der Waals surface area contributed by atoms with Crippen LogP contribution in [0.3, 0.4) is 0 Å². The number of benzene rings is 1. The fourth-order valence-electron chi connectivity index (χ4n) is 3.93. The van der Waals surface area contributed by atoms with Gasteiger partial charge in [-0.3, -0.25) is 14.4 Å². The summed E-state index contributed by atoms with van der Waals surface area (Å²) >= 11 is 4.57. The number of carbonyl (C=O) groups is 4. The Labute approximate surface area is 242 Å². The van der Waals surface area contributed by atoms with E-state index < -0.39 is 47.9 Å². The van der Waals surface area contributed by atoms with Crippen molar-refractivity contribution in [2.24, 2.45) is 5.73 Å². The lowest BCUT2D eigenvalue weighted by molar-refractivity contribution is -0.142.